The SMILES string of the molecule is [2H]C([2H])(OP(=O)(O)OP(=O)(O)O)C1=C(C)CCCC1(C)CC/C=C(/C)CCC=C(C)C. The van der Waals surface area contributed by atoms with Gasteiger partial charge in [0.05, 0.1) is 9.30 Å². The van der Waals surface area contributed by atoms with E-state index in [4.69, 9.17) is 12.5 Å². The molecule has 0 saturated heterocycles. The van der Waals surface area contributed by atoms with Gasteiger partial charge in [0.15, 0.2) is 0 Å². The summed E-state index contributed by atoms with van der Waals surface area (Å²) in [5.74, 6) is 0. The van der Waals surface area contributed by atoms with Crippen LogP contribution in [0.15, 0.2) is 34.4 Å². The second-order valence-electron chi connectivity index (χ2n) is 8.21. The Bertz CT molecular complexity index is 825. The van der Waals surface area contributed by atoms with Gasteiger partial charge in [-0.3, -0.25) is 4.52 Å². The van der Waals surface area contributed by atoms with Crippen molar-refractivity contribution in [1.82, 2.24) is 0 Å². The summed E-state index contributed by atoms with van der Waals surface area (Å²) in [7, 11) is -10.7. The molecule has 0 aromatic carbocycles. The maximum absolute atomic E-state index is 12.0. The first-order valence-corrected chi connectivity index (χ1v) is 12.8. The van der Waals surface area contributed by atoms with Crippen LogP contribution >= 0.6 is 15.6 Å². The Morgan fingerprint density at radius 2 is 1.86 bits per heavy atom. The van der Waals surface area contributed by atoms with Crippen LogP contribution in [-0.4, -0.2) is 21.2 Å². The predicted molar refractivity (Wildman–Crippen MR) is 115 cm³/mol. The molecule has 1 rings (SSSR count). The van der Waals surface area contributed by atoms with E-state index in [1.807, 2.05) is 6.92 Å². The zero-order valence-corrected chi connectivity index (χ0v) is 19.8. The second-order valence-corrected chi connectivity index (χ2v) is 11.0. The van der Waals surface area contributed by atoms with Crippen LogP contribution in [0.3, 0.4) is 0 Å². The van der Waals surface area contributed by atoms with Crippen LogP contribution in [0.4, 0.5) is 0 Å². The summed E-state index contributed by atoms with van der Waals surface area (Å²) < 4.78 is 48.0. The Hall–Kier alpha value is -0.520. The van der Waals surface area contributed by atoms with Gasteiger partial charge in [-0.25, -0.2) is 9.13 Å². The molecule has 0 fully saturated rings. The molecule has 0 radical (unpaired) electrons. The zero-order valence-electron chi connectivity index (χ0n) is 20.0. The topological polar surface area (TPSA) is 113 Å². The summed E-state index contributed by atoms with van der Waals surface area (Å²) in [6.45, 7) is 7.11. The summed E-state index contributed by atoms with van der Waals surface area (Å²) >= 11 is 0. The molecule has 2 unspecified atom stereocenters. The van der Waals surface area contributed by atoms with Crippen molar-refractivity contribution in [2.75, 3.05) is 6.56 Å². The van der Waals surface area contributed by atoms with Gasteiger partial charge in [-0.1, -0.05) is 35.8 Å². The normalized spacial score (nSPS) is 24.6. The molecule has 1 aliphatic rings. The van der Waals surface area contributed by atoms with Crippen LogP contribution in [-0.2, 0) is 18.0 Å². The molecule has 3 N–H and O–H groups in total. The highest BCUT2D eigenvalue weighted by molar-refractivity contribution is 7.60. The van der Waals surface area contributed by atoms with Crippen LogP contribution in [0.5, 0.6) is 0 Å². The number of phosphoric acid groups is 2. The van der Waals surface area contributed by atoms with Gasteiger partial charge in [-0.2, -0.15) is 4.31 Å². The molecule has 0 heterocycles. The molecule has 168 valence electrons. The highest BCUT2D eigenvalue weighted by atomic mass is 31.3. The third-order valence-corrected chi connectivity index (χ3v) is 7.06. The standard InChI is InChI=1S/C20H36O7P2/c1-16(2)9-6-10-17(3)11-7-13-20(5)14-8-12-18(4)19(20)15-26-29(24,25)27-28(21,22)23/h9,11H,6-8,10,12-15H2,1-5H3,(H,24,25)(H2,21,22,23)/b17-11-/i15D2. The predicted octanol–water partition coefficient (Wildman–Crippen LogP) is 6.19. The third kappa shape index (κ3) is 10.4. The monoisotopic (exact) mass is 452 g/mol. The van der Waals surface area contributed by atoms with Crippen LogP contribution in [0.2, 0.25) is 0 Å². The summed E-state index contributed by atoms with van der Waals surface area (Å²) in [4.78, 5) is 27.3. The van der Waals surface area contributed by atoms with Gasteiger partial charge in [0.2, 0.25) is 0 Å². The summed E-state index contributed by atoms with van der Waals surface area (Å²) in [5.41, 5.74) is 2.84. The molecule has 7 nitrogen and oxygen atoms in total. The van der Waals surface area contributed by atoms with E-state index in [0.29, 0.717) is 31.3 Å². The van der Waals surface area contributed by atoms with Gasteiger partial charge in [-0.05, 0) is 83.6 Å². The summed E-state index contributed by atoms with van der Waals surface area (Å²) in [5, 5.41) is 0. The number of phosphoric ester groups is 1. The lowest BCUT2D eigenvalue weighted by Crippen LogP contribution is -2.27. The first-order chi connectivity index (χ1) is 14.0. The highest BCUT2D eigenvalue weighted by Crippen LogP contribution is 2.58. The van der Waals surface area contributed by atoms with Crippen molar-refractivity contribution >= 4 is 15.6 Å². The molecule has 0 aromatic rings. The van der Waals surface area contributed by atoms with Crippen LogP contribution in [0.25, 0.3) is 0 Å². The van der Waals surface area contributed by atoms with Gasteiger partial charge < -0.3 is 14.7 Å². The number of hydrogen-bond donors (Lipinski definition) is 3. The van der Waals surface area contributed by atoms with E-state index in [0.717, 1.165) is 19.3 Å². The van der Waals surface area contributed by atoms with Gasteiger partial charge in [0, 0.05) is 0 Å². The fourth-order valence-corrected chi connectivity index (χ4v) is 4.97. The minimum absolute atomic E-state index is 0.241. The molecular formula is C20H36O7P2. The van der Waals surface area contributed by atoms with Crippen LogP contribution in [0, 0.1) is 5.41 Å². The van der Waals surface area contributed by atoms with Gasteiger partial charge >= 0.3 is 15.6 Å². The Morgan fingerprint density at radius 3 is 2.45 bits per heavy atom. The van der Waals surface area contributed by atoms with Crippen molar-refractivity contribution in [2.24, 2.45) is 5.41 Å². The fourth-order valence-electron chi connectivity index (χ4n) is 3.55. The Balaban J connectivity index is 3.02. The molecule has 0 saturated carbocycles. The smallest absolute Gasteiger partial charge is 0.302 e. The fraction of sp³-hybridized carbons (Fsp3) is 0.700. The average Bonchev–Trinajstić information content (AvgIpc) is 2.50. The van der Waals surface area contributed by atoms with Crippen LogP contribution in [0.1, 0.15) is 82.3 Å². The largest absolute Gasteiger partial charge is 0.481 e. The molecule has 9 heteroatoms. The highest BCUT2D eigenvalue weighted by Gasteiger charge is 2.37. The number of rotatable bonds is 11. The van der Waals surface area contributed by atoms with Crippen LogP contribution < -0.4 is 0 Å². The maximum Gasteiger partial charge on any atom is 0.481 e. The van der Waals surface area contributed by atoms with Gasteiger partial charge in [0.1, 0.15) is 0 Å². The summed E-state index contributed by atoms with van der Waals surface area (Å²) in [6.07, 6.45) is 9.68. The zero-order chi connectivity index (χ0) is 24.1. The minimum Gasteiger partial charge on any atom is -0.302 e. The Kier molecular flexibility index (Phi) is 8.94. The lowest BCUT2D eigenvalue weighted by Gasteiger charge is -2.38. The lowest BCUT2D eigenvalue weighted by atomic mass is 9.69. The van der Waals surface area contributed by atoms with Gasteiger partial charge in [-0.15, -0.1) is 0 Å². The van der Waals surface area contributed by atoms with Gasteiger partial charge in [0.25, 0.3) is 0 Å². The first-order valence-electron chi connectivity index (χ1n) is 10.8. The number of allylic oxidation sites excluding steroid dienone is 5. The summed E-state index contributed by atoms with van der Waals surface area (Å²) in [6, 6.07) is 0. The van der Waals surface area contributed by atoms with Crippen molar-refractivity contribution in [3.63, 3.8) is 0 Å². The van der Waals surface area contributed by atoms with E-state index in [1.165, 1.54) is 11.1 Å². The second kappa shape index (κ2) is 11.2. The average molecular weight is 452 g/mol. The lowest BCUT2D eigenvalue weighted by molar-refractivity contribution is 0.173. The van der Waals surface area contributed by atoms with Crippen molar-refractivity contribution < 1.29 is 35.4 Å². The van der Waals surface area contributed by atoms with Crippen molar-refractivity contribution in [3.05, 3.63) is 34.4 Å². The molecule has 2 atom stereocenters. The molecule has 0 amide bonds. The van der Waals surface area contributed by atoms with E-state index < -0.39 is 27.6 Å². The molecule has 0 aliphatic heterocycles. The molecular weight excluding hydrogens is 414 g/mol. The van der Waals surface area contributed by atoms with E-state index >= 15 is 0 Å². The van der Waals surface area contributed by atoms with Crippen molar-refractivity contribution in [2.45, 2.75) is 79.6 Å². The minimum atomic E-state index is -5.34. The van der Waals surface area contributed by atoms with E-state index in [2.05, 4.69) is 41.8 Å². The third-order valence-electron chi connectivity index (χ3n) is 5.06. The Morgan fingerprint density at radius 1 is 1.21 bits per heavy atom. The van der Waals surface area contributed by atoms with E-state index in [9.17, 15) is 14.0 Å². The maximum atomic E-state index is 12.0. The first kappa shape index (κ1) is 23.1. The molecule has 1 aliphatic carbocycles. The van der Waals surface area contributed by atoms with E-state index in [-0.39, 0.29) is 5.57 Å². The molecule has 29 heavy (non-hydrogen) atoms. The Labute approximate surface area is 177 Å². The molecule has 0 spiro atoms. The molecule has 0 aromatic heterocycles. The quantitative estimate of drug-likeness (QED) is 0.253. The van der Waals surface area contributed by atoms with Crippen molar-refractivity contribution in [1.29, 1.82) is 0 Å². The number of hydrogen-bond acceptors (Lipinski definition) is 4. The van der Waals surface area contributed by atoms with E-state index in [1.54, 1.807) is 6.92 Å². The molecule has 0 bridgehead atoms. The van der Waals surface area contributed by atoms with Crippen molar-refractivity contribution in [3.8, 4) is 0 Å².